The third-order valence-electron chi connectivity index (χ3n) is 2.73. The molecule has 2 heterocycles. The fourth-order valence-corrected chi connectivity index (χ4v) is 2.33. The Kier molecular flexibility index (Phi) is 2.85. The first-order valence-corrected chi connectivity index (χ1v) is 5.81. The second-order valence-corrected chi connectivity index (χ2v) is 5.11. The van der Waals surface area contributed by atoms with Gasteiger partial charge in [0.1, 0.15) is 0 Å². The smallest absolute Gasteiger partial charge is 0.0794 e. The largest absolute Gasteiger partial charge is 0.374 e. The molecule has 1 aliphatic heterocycles. The third-order valence-corrected chi connectivity index (χ3v) is 3.51. The summed E-state index contributed by atoms with van der Waals surface area (Å²) in [6.45, 7) is 6.06. The summed E-state index contributed by atoms with van der Waals surface area (Å²) in [5, 5.41) is 3.52. The fraction of sp³-hybridized carbons (Fsp3) is 0.700. The van der Waals surface area contributed by atoms with Gasteiger partial charge >= 0.3 is 0 Å². The zero-order valence-electron chi connectivity index (χ0n) is 8.62. The fourth-order valence-electron chi connectivity index (χ4n) is 1.79. The molecular formula is C10H16N2OS. The van der Waals surface area contributed by atoms with Crippen LogP contribution in [0.25, 0.3) is 0 Å². The first kappa shape index (κ1) is 10.1. The lowest BCUT2D eigenvalue weighted by molar-refractivity contribution is 0.0214. The average Bonchev–Trinajstić information content (AvgIpc) is 2.71. The van der Waals surface area contributed by atoms with Gasteiger partial charge in [0, 0.05) is 30.3 Å². The Morgan fingerprint density at radius 3 is 3.14 bits per heavy atom. The molecule has 0 spiro atoms. The van der Waals surface area contributed by atoms with E-state index in [4.69, 9.17) is 4.74 Å². The molecule has 0 saturated carbocycles. The lowest BCUT2D eigenvalue weighted by Crippen LogP contribution is -2.42. The van der Waals surface area contributed by atoms with Crippen molar-refractivity contribution in [3.8, 4) is 0 Å². The van der Waals surface area contributed by atoms with E-state index in [0.717, 1.165) is 19.6 Å². The van der Waals surface area contributed by atoms with Crippen LogP contribution in [0.1, 0.15) is 25.1 Å². The molecule has 1 unspecified atom stereocenters. The van der Waals surface area contributed by atoms with E-state index in [-0.39, 0.29) is 5.60 Å². The molecule has 1 aromatic heterocycles. The van der Waals surface area contributed by atoms with Crippen molar-refractivity contribution in [1.82, 2.24) is 10.3 Å². The van der Waals surface area contributed by atoms with Crippen molar-refractivity contribution in [2.75, 3.05) is 6.61 Å². The standard InChI is InChI=1S/C10H16N2OS/c1-10(2)9(3-4-13-10)12-6-8-5-11-7-14-8/h5,7,9,12H,3-4,6H2,1-2H3. The Morgan fingerprint density at radius 1 is 1.71 bits per heavy atom. The number of rotatable bonds is 3. The SMILES string of the molecule is CC1(C)OCCC1NCc1cncs1. The van der Waals surface area contributed by atoms with Crippen LogP contribution in [0.4, 0.5) is 0 Å². The molecule has 14 heavy (non-hydrogen) atoms. The lowest BCUT2D eigenvalue weighted by atomic mass is 9.99. The van der Waals surface area contributed by atoms with E-state index in [0.29, 0.717) is 6.04 Å². The van der Waals surface area contributed by atoms with Crippen LogP contribution in [0.5, 0.6) is 0 Å². The zero-order chi connectivity index (χ0) is 10.0. The summed E-state index contributed by atoms with van der Waals surface area (Å²) in [7, 11) is 0. The molecule has 0 aromatic carbocycles. The molecule has 0 amide bonds. The van der Waals surface area contributed by atoms with Crippen LogP contribution >= 0.6 is 11.3 Å². The van der Waals surface area contributed by atoms with E-state index in [9.17, 15) is 0 Å². The molecule has 0 bridgehead atoms. The van der Waals surface area contributed by atoms with Crippen LogP contribution in [0.2, 0.25) is 0 Å². The Balaban J connectivity index is 1.86. The summed E-state index contributed by atoms with van der Waals surface area (Å²) < 4.78 is 5.65. The van der Waals surface area contributed by atoms with Gasteiger partial charge in [-0.25, -0.2) is 0 Å². The van der Waals surface area contributed by atoms with Gasteiger partial charge in [0.05, 0.1) is 11.1 Å². The quantitative estimate of drug-likeness (QED) is 0.829. The van der Waals surface area contributed by atoms with Gasteiger partial charge in [0.15, 0.2) is 0 Å². The average molecular weight is 212 g/mol. The van der Waals surface area contributed by atoms with Gasteiger partial charge in [-0.2, -0.15) is 0 Å². The highest BCUT2D eigenvalue weighted by molar-refractivity contribution is 7.09. The summed E-state index contributed by atoms with van der Waals surface area (Å²) >= 11 is 1.69. The van der Waals surface area contributed by atoms with Gasteiger partial charge in [-0.3, -0.25) is 4.98 Å². The Hall–Kier alpha value is -0.450. The van der Waals surface area contributed by atoms with E-state index in [1.807, 2.05) is 11.7 Å². The molecule has 1 fully saturated rings. The summed E-state index contributed by atoms with van der Waals surface area (Å²) in [5.74, 6) is 0. The molecule has 1 atom stereocenters. The minimum Gasteiger partial charge on any atom is -0.374 e. The Bertz CT molecular complexity index is 284. The summed E-state index contributed by atoms with van der Waals surface area (Å²) in [5.41, 5.74) is 1.85. The van der Waals surface area contributed by atoms with Crippen LogP contribution in [0.3, 0.4) is 0 Å². The van der Waals surface area contributed by atoms with Crippen molar-refractivity contribution in [2.24, 2.45) is 0 Å². The Labute approximate surface area is 88.5 Å². The maximum absolute atomic E-state index is 5.65. The number of nitrogens with one attached hydrogen (secondary N) is 1. The third kappa shape index (κ3) is 2.13. The normalized spacial score (nSPS) is 25.4. The van der Waals surface area contributed by atoms with Crippen molar-refractivity contribution in [2.45, 2.75) is 38.5 Å². The zero-order valence-corrected chi connectivity index (χ0v) is 9.43. The summed E-state index contributed by atoms with van der Waals surface area (Å²) in [6, 6.07) is 0.463. The number of ether oxygens (including phenoxy) is 1. The molecule has 1 aliphatic rings. The second kappa shape index (κ2) is 3.96. The van der Waals surface area contributed by atoms with Gasteiger partial charge in [-0.1, -0.05) is 0 Å². The van der Waals surface area contributed by atoms with E-state index >= 15 is 0 Å². The van der Waals surface area contributed by atoms with E-state index in [2.05, 4.69) is 24.1 Å². The molecule has 1 aromatic rings. The number of aromatic nitrogens is 1. The van der Waals surface area contributed by atoms with Gasteiger partial charge in [-0.05, 0) is 20.3 Å². The number of thiazole rings is 1. The molecule has 78 valence electrons. The van der Waals surface area contributed by atoms with Gasteiger partial charge in [0.2, 0.25) is 0 Å². The van der Waals surface area contributed by atoms with E-state index in [1.54, 1.807) is 11.3 Å². The van der Waals surface area contributed by atoms with Crippen LogP contribution < -0.4 is 5.32 Å². The predicted molar refractivity (Wildman–Crippen MR) is 57.4 cm³/mol. The number of nitrogens with zero attached hydrogens (tertiary/aromatic N) is 1. The van der Waals surface area contributed by atoms with Crippen molar-refractivity contribution in [1.29, 1.82) is 0 Å². The lowest BCUT2D eigenvalue weighted by Gasteiger charge is -2.26. The van der Waals surface area contributed by atoms with Crippen LogP contribution in [-0.2, 0) is 11.3 Å². The Morgan fingerprint density at radius 2 is 2.57 bits per heavy atom. The second-order valence-electron chi connectivity index (χ2n) is 4.14. The topological polar surface area (TPSA) is 34.1 Å². The summed E-state index contributed by atoms with van der Waals surface area (Å²) in [4.78, 5) is 5.34. The maximum atomic E-state index is 5.65. The monoisotopic (exact) mass is 212 g/mol. The first-order chi connectivity index (χ1) is 6.68. The van der Waals surface area contributed by atoms with E-state index in [1.165, 1.54) is 4.88 Å². The molecule has 1 N–H and O–H groups in total. The molecule has 1 saturated heterocycles. The number of hydrogen-bond donors (Lipinski definition) is 1. The van der Waals surface area contributed by atoms with Crippen molar-refractivity contribution < 1.29 is 4.74 Å². The van der Waals surface area contributed by atoms with Crippen LogP contribution in [0.15, 0.2) is 11.7 Å². The summed E-state index contributed by atoms with van der Waals surface area (Å²) in [6.07, 6.45) is 3.02. The van der Waals surface area contributed by atoms with Crippen molar-refractivity contribution in [3.63, 3.8) is 0 Å². The van der Waals surface area contributed by atoms with Crippen molar-refractivity contribution >= 4 is 11.3 Å². The highest BCUT2D eigenvalue weighted by Crippen LogP contribution is 2.25. The minimum atomic E-state index is -0.0231. The van der Waals surface area contributed by atoms with Gasteiger partial charge in [-0.15, -0.1) is 11.3 Å². The van der Waals surface area contributed by atoms with Gasteiger partial charge in [0.25, 0.3) is 0 Å². The maximum Gasteiger partial charge on any atom is 0.0794 e. The molecule has 2 rings (SSSR count). The minimum absolute atomic E-state index is 0.0231. The van der Waals surface area contributed by atoms with Crippen molar-refractivity contribution in [3.05, 3.63) is 16.6 Å². The highest BCUT2D eigenvalue weighted by atomic mass is 32.1. The molecule has 0 aliphatic carbocycles. The van der Waals surface area contributed by atoms with E-state index < -0.39 is 0 Å². The molecule has 4 heteroatoms. The van der Waals surface area contributed by atoms with Crippen LogP contribution in [-0.4, -0.2) is 23.2 Å². The van der Waals surface area contributed by atoms with Gasteiger partial charge < -0.3 is 10.1 Å². The molecular weight excluding hydrogens is 196 g/mol. The predicted octanol–water partition coefficient (Wildman–Crippen LogP) is 1.80. The molecule has 0 radical (unpaired) electrons. The molecule has 3 nitrogen and oxygen atoms in total. The first-order valence-electron chi connectivity index (χ1n) is 4.93. The highest BCUT2D eigenvalue weighted by Gasteiger charge is 2.35. The van der Waals surface area contributed by atoms with Crippen LogP contribution in [0, 0.1) is 0 Å². The number of hydrogen-bond acceptors (Lipinski definition) is 4.